The molecule has 1 fully saturated rings. The van der Waals surface area contributed by atoms with Crippen molar-refractivity contribution >= 4 is 35.6 Å². The fraction of sp³-hybridized carbons (Fsp3) is 0.667. The molecule has 0 saturated carbocycles. The van der Waals surface area contributed by atoms with Crippen molar-refractivity contribution in [1.82, 2.24) is 15.5 Å². The van der Waals surface area contributed by atoms with E-state index >= 15 is 0 Å². The summed E-state index contributed by atoms with van der Waals surface area (Å²) >= 11 is 0. The molecular formula is C18H31N7O7. The van der Waals surface area contributed by atoms with Crippen LogP contribution >= 0.6 is 0 Å². The summed E-state index contributed by atoms with van der Waals surface area (Å²) in [5.74, 6) is -4.88. The third-order valence-electron chi connectivity index (χ3n) is 4.81. The number of carbonyl (C=O) groups excluding carboxylic acids is 3. The zero-order chi connectivity index (χ0) is 24.4. The van der Waals surface area contributed by atoms with Gasteiger partial charge in [-0.05, 0) is 32.6 Å². The lowest BCUT2D eigenvalue weighted by Gasteiger charge is -2.29. The number of rotatable bonds is 12. The normalized spacial score (nSPS) is 18.2. The Hall–Kier alpha value is -3.42. The molecule has 1 heterocycles. The van der Waals surface area contributed by atoms with E-state index in [0.29, 0.717) is 12.8 Å². The second kappa shape index (κ2) is 12.4. The first-order chi connectivity index (χ1) is 14.9. The van der Waals surface area contributed by atoms with Gasteiger partial charge in [0.15, 0.2) is 5.96 Å². The molecule has 1 aliphatic rings. The number of amides is 3. The van der Waals surface area contributed by atoms with Crippen LogP contribution < -0.4 is 27.8 Å². The van der Waals surface area contributed by atoms with Crippen LogP contribution in [-0.4, -0.2) is 88.0 Å². The fourth-order valence-electron chi connectivity index (χ4n) is 3.21. The molecule has 1 rings (SSSR count). The first-order valence-electron chi connectivity index (χ1n) is 10.1. The van der Waals surface area contributed by atoms with Gasteiger partial charge in [-0.25, -0.2) is 4.79 Å². The summed E-state index contributed by atoms with van der Waals surface area (Å²) < 4.78 is 0. The number of aliphatic carboxylic acids is 2. The van der Waals surface area contributed by atoms with E-state index in [9.17, 15) is 24.0 Å². The highest BCUT2D eigenvalue weighted by atomic mass is 16.4. The molecule has 1 saturated heterocycles. The summed E-state index contributed by atoms with van der Waals surface area (Å²) in [4.78, 5) is 65.0. The van der Waals surface area contributed by atoms with Crippen molar-refractivity contribution in [3.8, 4) is 0 Å². The second-order valence-electron chi connectivity index (χ2n) is 7.49. The Morgan fingerprint density at radius 1 is 1.12 bits per heavy atom. The zero-order valence-corrected chi connectivity index (χ0v) is 17.8. The SMILES string of the molecule is CC(N)C(=O)NC(CCCN=C(N)N)C(=O)N1CCCC1C(=O)NC(CC(=O)O)C(=O)O. The van der Waals surface area contributed by atoms with Crippen molar-refractivity contribution in [2.45, 2.75) is 63.2 Å². The summed E-state index contributed by atoms with van der Waals surface area (Å²) in [6.45, 7) is 1.89. The molecule has 0 aliphatic carbocycles. The Morgan fingerprint density at radius 2 is 1.78 bits per heavy atom. The monoisotopic (exact) mass is 457 g/mol. The molecule has 3 amide bonds. The van der Waals surface area contributed by atoms with Gasteiger partial charge in [0.2, 0.25) is 17.7 Å². The van der Waals surface area contributed by atoms with Gasteiger partial charge in [-0.3, -0.25) is 24.2 Å². The van der Waals surface area contributed by atoms with E-state index in [2.05, 4.69) is 15.6 Å². The topological polar surface area (TPSA) is 244 Å². The molecule has 4 atom stereocenters. The van der Waals surface area contributed by atoms with Gasteiger partial charge in [0.25, 0.3) is 0 Å². The lowest BCUT2D eigenvalue weighted by atomic mass is 10.1. The first kappa shape index (κ1) is 26.6. The van der Waals surface area contributed by atoms with Crippen LogP contribution in [0.1, 0.15) is 39.0 Å². The summed E-state index contributed by atoms with van der Waals surface area (Å²) in [5.41, 5.74) is 16.1. The van der Waals surface area contributed by atoms with Crippen molar-refractivity contribution in [2.24, 2.45) is 22.2 Å². The number of nitrogens with two attached hydrogens (primary N) is 3. The molecule has 14 nitrogen and oxygen atoms in total. The van der Waals surface area contributed by atoms with Crippen molar-refractivity contribution < 1.29 is 34.2 Å². The van der Waals surface area contributed by atoms with Crippen LogP contribution in [0.3, 0.4) is 0 Å². The molecule has 32 heavy (non-hydrogen) atoms. The number of hydrogen-bond acceptors (Lipinski definition) is 7. The van der Waals surface area contributed by atoms with Crippen molar-refractivity contribution in [2.75, 3.05) is 13.1 Å². The Bertz CT molecular complexity index is 752. The number of likely N-dealkylation sites (tertiary alicyclic amines) is 1. The highest BCUT2D eigenvalue weighted by Crippen LogP contribution is 2.20. The maximum Gasteiger partial charge on any atom is 0.326 e. The molecule has 14 heteroatoms. The minimum absolute atomic E-state index is 0.113. The zero-order valence-electron chi connectivity index (χ0n) is 17.8. The van der Waals surface area contributed by atoms with Crippen LogP contribution in [-0.2, 0) is 24.0 Å². The maximum atomic E-state index is 13.1. The van der Waals surface area contributed by atoms with Gasteiger partial charge in [0.1, 0.15) is 18.1 Å². The van der Waals surface area contributed by atoms with Crippen molar-refractivity contribution in [3.05, 3.63) is 0 Å². The number of nitrogens with zero attached hydrogens (tertiary/aromatic N) is 2. The lowest BCUT2D eigenvalue weighted by Crippen LogP contribution is -2.56. The maximum absolute atomic E-state index is 13.1. The number of carbonyl (C=O) groups is 5. The molecule has 0 bridgehead atoms. The molecule has 0 radical (unpaired) electrons. The molecule has 10 N–H and O–H groups in total. The number of carboxylic acid groups (broad SMARTS) is 2. The number of aliphatic imine (C=N–C) groups is 1. The number of nitrogens with one attached hydrogen (secondary N) is 2. The smallest absolute Gasteiger partial charge is 0.326 e. The third-order valence-corrected chi connectivity index (χ3v) is 4.81. The van der Waals surface area contributed by atoms with Crippen molar-refractivity contribution in [3.63, 3.8) is 0 Å². The molecule has 0 spiro atoms. The van der Waals surface area contributed by atoms with Gasteiger partial charge in [-0.2, -0.15) is 0 Å². The summed E-state index contributed by atoms with van der Waals surface area (Å²) in [7, 11) is 0. The molecule has 1 aliphatic heterocycles. The third kappa shape index (κ3) is 8.37. The van der Waals surface area contributed by atoms with E-state index in [-0.39, 0.29) is 31.9 Å². The fourth-order valence-corrected chi connectivity index (χ4v) is 3.21. The van der Waals surface area contributed by atoms with Gasteiger partial charge in [-0.15, -0.1) is 0 Å². The Morgan fingerprint density at radius 3 is 2.31 bits per heavy atom. The molecule has 180 valence electrons. The van der Waals surface area contributed by atoms with E-state index in [1.54, 1.807) is 0 Å². The van der Waals surface area contributed by atoms with Gasteiger partial charge in [-0.1, -0.05) is 0 Å². The van der Waals surface area contributed by atoms with E-state index in [1.807, 2.05) is 0 Å². The quantitative estimate of drug-likeness (QED) is 0.0884. The Balaban J connectivity index is 2.94. The number of carboxylic acids is 2. The van der Waals surface area contributed by atoms with Crippen LogP contribution in [0.25, 0.3) is 0 Å². The standard InChI is InChI=1S/C18H31N7O7/c1-9(19)14(28)23-10(4-2-6-22-18(20)21)16(30)25-7-3-5-12(25)15(29)24-11(17(31)32)8-13(26)27/h9-12H,2-8,19H2,1H3,(H,23,28)(H,24,29)(H,26,27)(H,31,32)(H4,20,21,22). The predicted octanol–water partition coefficient (Wildman–Crippen LogP) is -3.09. The largest absolute Gasteiger partial charge is 0.481 e. The number of hydrogen-bond donors (Lipinski definition) is 7. The van der Waals surface area contributed by atoms with Crippen LogP contribution in [0, 0.1) is 0 Å². The number of guanidine groups is 1. The molecule has 0 aromatic carbocycles. The van der Waals surface area contributed by atoms with Gasteiger partial charge in [0, 0.05) is 13.1 Å². The Labute approximate surface area is 184 Å². The molecule has 4 unspecified atom stereocenters. The highest BCUT2D eigenvalue weighted by molar-refractivity contribution is 5.95. The predicted molar refractivity (Wildman–Crippen MR) is 112 cm³/mol. The first-order valence-corrected chi connectivity index (χ1v) is 10.1. The minimum Gasteiger partial charge on any atom is -0.481 e. The van der Waals surface area contributed by atoms with E-state index in [1.165, 1.54) is 11.8 Å². The summed E-state index contributed by atoms with van der Waals surface area (Å²) in [5, 5.41) is 22.7. The van der Waals surface area contributed by atoms with E-state index in [0.717, 1.165) is 0 Å². The van der Waals surface area contributed by atoms with Crippen LogP contribution in [0.4, 0.5) is 0 Å². The Kier molecular flexibility index (Phi) is 10.3. The second-order valence-corrected chi connectivity index (χ2v) is 7.49. The van der Waals surface area contributed by atoms with E-state index in [4.69, 9.17) is 27.4 Å². The van der Waals surface area contributed by atoms with Gasteiger partial charge < -0.3 is 42.9 Å². The van der Waals surface area contributed by atoms with Gasteiger partial charge in [0.05, 0.1) is 12.5 Å². The summed E-state index contributed by atoms with van der Waals surface area (Å²) in [6.07, 6.45) is 0.467. The van der Waals surface area contributed by atoms with Crippen molar-refractivity contribution in [1.29, 1.82) is 0 Å². The highest BCUT2D eigenvalue weighted by Gasteiger charge is 2.39. The van der Waals surface area contributed by atoms with Crippen LogP contribution in [0.5, 0.6) is 0 Å². The van der Waals surface area contributed by atoms with Gasteiger partial charge >= 0.3 is 11.9 Å². The van der Waals surface area contributed by atoms with E-state index < -0.39 is 60.2 Å². The van der Waals surface area contributed by atoms with Crippen LogP contribution in [0.15, 0.2) is 4.99 Å². The average Bonchev–Trinajstić information content (AvgIpc) is 3.18. The molecule has 0 aromatic heterocycles. The summed E-state index contributed by atoms with van der Waals surface area (Å²) in [6, 6.07) is -4.49. The minimum atomic E-state index is -1.63. The molecule has 0 aromatic rings. The lowest BCUT2D eigenvalue weighted by molar-refractivity contribution is -0.148. The average molecular weight is 457 g/mol. The molecular weight excluding hydrogens is 426 g/mol. The van der Waals surface area contributed by atoms with Crippen LogP contribution in [0.2, 0.25) is 0 Å².